The topological polar surface area (TPSA) is 84.1 Å². The zero-order valence-corrected chi connectivity index (χ0v) is 11.2. The highest BCUT2D eigenvalue weighted by Gasteiger charge is 2.17. The van der Waals surface area contributed by atoms with Gasteiger partial charge < -0.3 is 14.9 Å². The minimum atomic E-state index is -1.18. The highest BCUT2D eigenvalue weighted by Crippen LogP contribution is 2.20. The van der Waals surface area contributed by atoms with Crippen molar-refractivity contribution in [3.05, 3.63) is 59.9 Å². The van der Waals surface area contributed by atoms with Crippen LogP contribution in [0.5, 0.6) is 11.5 Å². The summed E-state index contributed by atoms with van der Waals surface area (Å²) in [5.41, 5.74) is 0.195. The first kappa shape index (κ1) is 13.9. The van der Waals surface area contributed by atoms with E-state index in [9.17, 15) is 14.3 Å². The highest BCUT2D eigenvalue weighted by atomic mass is 19.1. The number of aromatic nitrogens is 2. The first-order chi connectivity index (χ1) is 10.5. The number of ether oxygens (including phenoxy) is 1. The van der Waals surface area contributed by atoms with Gasteiger partial charge in [0.05, 0.1) is 11.7 Å². The molecule has 0 saturated heterocycles. The van der Waals surface area contributed by atoms with Gasteiger partial charge >= 0.3 is 5.97 Å². The molecule has 0 atom stereocenters. The van der Waals surface area contributed by atoms with Crippen molar-refractivity contribution in [2.24, 2.45) is 0 Å². The number of pyridine rings is 1. The predicted octanol–water partition coefficient (Wildman–Crippen LogP) is 2.46. The lowest BCUT2D eigenvalue weighted by Gasteiger charge is -2.05. The van der Waals surface area contributed by atoms with Crippen LogP contribution in [0.25, 0.3) is 5.52 Å². The Labute approximate surface area is 124 Å². The van der Waals surface area contributed by atoms with Gasteiger partial charge in [-0.3, -0.25) is 4.40 Å². The van der Waals surface area contributed by atoms with Crippen LogP contribution in [0.4, 0.5) is 4.39 Å². The van der Waals surface area contributed by atoms with Gasteiger partial charge in [0.2, 0.25) is 0 Å². The lowest BCUT2D eigenvalue weighted by molar-refractivity contribution is 0.0693. The van der Waals surface area contributed by atoms with Crippen LogP contribution in [0.2, 0.25) is 0 Å². The van der Waals surface area contributed by atoms with Crippen LogP contribution in [-0.4, -0.2) is 25.6 Å². The SMILES string of the molecule is O=C(O)c1nc(COc2cccc(F)c2)n2cc(O)ccc12. The summed E-state index contributed by atoms with van der Waals surface area (Å²) in [6.45, 7) is -0.0681. The number of imidazole rings is 1. The van der Waals surface area contributed by atoms with E-state index >= 15 is 0 Å². The molecule has 2 N–H and O–H groups in total. The Kier molecular flexibility index (Phi) is 3.38. The Morgan fingerprint density at radius 1 is 1.32 bits per heavy atom. The molecule has 2 aromatic heterocycles. The number of carbonyl (C=O) groups is 1. The Morgan fingerprint density at radius 3 is 2.86 bits per heavy atom. The summed E-state index contributed by atoms with van der Waals surface area (Å²) >= 11 is 0. The number of fused-ring (bicyclic) bond motifs is 1. The molecule has 3 rings (SSSR count). The molecular formula is C15H11FN2O4. The molecule has 7 heteroatoms. The first-order valence-corrected chi connectivity index (χ1v) is 6.36. The number of carboxylic acids is 1. The lowest BCUT2D eigenvalue weighted by atomic mass is 10.3. The smallest absolute Gasteiger partial charge is 0.356 e. The number of rotatable bonds is 4. The number of aromatic hydroxyl groups is 1. The highest BCUT2D eigenvalue weighted by molar-refractivity contribution is 5.93. The molecule has 0 saturated carbocycles. The fourth-order valence-electron chi connectivity index (χ4n) is 2.10. The Bertz CT molecular complexity index is 860. The average Bonchev–Trinajstić information content (AvgIpc) is 2.83. The van der Waals surface area contributed by atoms with Crippen molar-refractivity contribution in [1.82, 2.24) is 9.38 Å². The van der Waals surface area contributed by atoms with Gasteiger partial charge in [0, 0.05) is 6.07 Å². The minimum Gasteiger partial charge on any atom is -0.506 e. The van der Waals surface area contributed by atoms with E-state index in [1.165, 1.54) is 40.9 Å². The molecule has 0 bridgehead atoms. The number of aromatic carboxylic acids is 1. The van der Waals surface area contributed by atoms with Crippen LogP contribution in [0.1, 0.15) is 16.3 Å². The average molecular weight is 302 g/mol. The van der Waals surface area contributed by atoms with E-state index in [1.54, 1.807) is 6.07 Å². The van der Waals surface area contributed by atoms with E-state index in [2.05, 4.69) is 4.98 Å². The first-order valence-electron chi connectivity index (χ1n) is 6.36. The second kappa shape index (κ2) is 5.36. The van der Waals surface area contributed by atoms with Crippen molar-refractivity contribution < 1.29 is 24.1 Å². The van der Waals surface area contributed by atoms with Crippen LogP contribution < -0.4 is 4.74 Å². The van der Waals surface area contributed by atoms with Crippen molar-refractivity contribution in [1.29, 1.82) is 0 Å². The molecule has 0 aliphatic rings. The lowest BCUT2D eigenvalue weighted by Crippen LogP contribution is -2.01. The zero-order chi connectivity index (χ0) is 15.7. The number of hydrogen-bond acceptors (Lipinski definition) is 4. The quantitative estimate of drug-likeness (QED) is 0.773. The molecule has 0 amide bonds. The Morgan fingerprint density at radius 2 is 2.14 bits per heavy atom. The second-order valence-corrected chi connectivity index (χ2v) is 4.57. The van der Waals surface area contributed by atoms with E-state index in [-0.39, 0.29) is 23.9 Å². The molecule has 22 heavy (non-hydrogen) atoms. The van der Waals surface area contributed by atoms with Crippen molar-refractivity contribution in [3.8, 4) is 11.5 Å². The summed E-state index contributed by atoms with van der Waals surface area (Å²) in [4.78, 5) is 15.2. The van der Waals surface area contributed by atoms with Crippen LogP contribution >= 0.6 is 0 Å². The fourth-order valence-corrected chi connectivity index (χ4v) is 2.10. The van der Waals surface area contributed by atoms with Gasteiger partial charge in [-0.2, -0.15) is 0 Å². The van der Waals surface area contributed by atoms with E-state index in [0.717, 1.165) is 0 Å². The molecule has 0 spiro atoms. The molecule has 0 aliphatic heterocycles. The van der Waals surface area contributed by atoms with E-state index in [0.29, 0.717) is 11.3 Å². The van der Waals surface area contributed by atoms with Crippen molar-refractivity contribution in [3.63, 3.8) is 0 Å². The van der Waals surface area contributed by atoms with Gasteiger partial charge in [0.25, 0.3) is 0 Å². The van der Waals surface area contributed by atoms with Gasteiger partial charge in [-0.15, -0.1) is 0 Å². The maximum absolute atomic E-state index is 13.1. The summed E-state index contributed by atoms with van der Waals surface area (Å²) in [6, 6.07) is 8.42. The summed E-state index contributed by atoms with van der Waals surface area (Å²) in [6.07, 6.45) is 1.35. The van der Waals surface area contributed by atoms with Crippen molar-refractivity contribution >= 4 is 11.5 Å². The Hall–Kier alpha value is -3.09. The number of halogens is 1. The molecule has 112 valence electrons. The van der Waals surface area contributed by atoms with E-state index in [1.807, 2.05) is 0 Å². The number of hydrogen-bond donors (Lipinski definition) is 2. The summed E-state index contributed by atoms with van der Waals surface area (Å²) < 4.78 is 19.9. The van der Waals surface area contributed by atoms with E-state index in [4.69, 9.17) is 9.84 Å². The zero-order valence-electron chi connectivity index (χ0n) is 11.2. The predicted molar refractivity (Wildman–Crippen MR) is 74.5 cm³/mol. The summed E-state index contributed by atoms with van der Waals surface area (Å²) in [5, 5.41) is 18.7. The normalized spacial score (nSPS) is 10.8. The van der Waals surface area contributed by atoms with Gasteiger partial charge in [-0.25, -0.2) is 14.2 Å². The molecule has 3 aromatic rings. The van der Waals surface area contributed by atoms with Gasteiger partial charge in [0.15, 0.2) is 11.5 Å². The van der Waals surface area contributed by atoms with Crippen LogP contribution in [0.15, 0.2) is 42.6 Å². The van der Waals surface area contributed by atoms with Gasteiger partial charge in [-0.1, -0.05) is 6.07 Å². The monoisotopic (exact) mass is 302 g/mol. The third-order valence-electron chi connectivity index (χ3n) is 3.06. The second-order valence-electron chi connectivity index (χ2n) is 4.57. The molecule has 0 radical (unpaired) electrons. The van der Waals surface area contributed by atoms with E-state index < -0.39 is 11.8 Å². The number of carboxylic acid groups (broad SMARTS) is 1. The van der Waals surface area contributed by atoms with Crippen molar-refractivity contribution in [2.45, 2.75) is 6.61 Å². The Balaban J connectivity index is 1.96. The van der Waals surface area contributed by atoms with Crippen LogP contribution in [-0.2, 0) is 6.61 Å². The number of benzene rings is 1. The van der Waals surface area contributed by atoms with Gasteiger partial charge in [0.1, 0.15) is 23.9 Å². The third-order valence-corrected chi connectivity index (χ3v) is 3.06. The molecule has 6 nitrogen and oxygen atoms in total. The fraction of sp³-hybridized carbons (Fsp3) is 0.0667. The van der Waals surface area contributed by atoms with Gasteiger partial charge in [-0.05, 0) is 24.3 Å². The molecule has 0 aliphatic carbocycles. The maximum Gasteiger partial charge on any atom is 0.356 e. The van der Waals surface area contributed by atoms with Crippen molar-refractivity contribution in [2.75, 3.05) is 0 Å². The molecule has 0 fully saturated rings. The molecule has 1 aromatic carbocycles. The molecule has 0 unspecified atom stereocenters. The largest absolute Gasteiger partial charge is 0.506 e. The molecule has 2 heterocycles. The van der Waals surface area contributed by atoms with Crippen LogP contribution in [0, 0.1) is 5.82 Å². The number of nitrogens with zero attached hydrogens (tertiary/aromatic N) is 2. The summed E-state index contributed by atoms with van der Waals surface area (Å²) in [7, 11) is 0. The maximum atomic E-state index is 13.1. The third kappa shape index (κ3) is 2.56. The van der Waals surface area contributed by atoms with Crippen LogP contribution in [0.3, 0.4) is 0 Å². The molecular weight excluding hydrogens is 291 g/mol. The summed E-state index contributed by atoms with van der Waals surface area (Å²) in [5.74, 6) is -1.07. The standard InChI is InChI=1S/C15H11FN2O4/c16-9-2-1-3-11(6-9)22-8-13-17-14(15(20)21)12-5-4-10(19)7-18(12)13/h1-7,19H,8H2,(H,20,21). The minimum absolute atomic E-state index is 0.0335.